The van der Waals surface area contributed by atoms with Gasteiger partial charge in [0, 0.05) is 0 Å². The molecule has 2 aliphatic rings. The highest BCUT2D eigenvalue weighted by molar-refractivity contribution is 5.73. The summed E-state index contributed by atoms with van der Waals surface area (Å²) in [5, 5.41) is 76.4. The minimum atomic E-state index is -2.34. The second kappa shape index (κ2) is 7.13. The first kappa shape index (κ1) is 19.4. The van der Waals surface area contributed by atoms with E-state index in [0.29, 0.717) is 0 Å². The van der Waals surface area contributed by atoms with E-state index in [2.05, 4.69) is 0 Å². The first-order valence-corrected chi connectivity index (χ1v) is 7.04. The minimum Gasteiger partial charge on any atom is -0.479 e. The zero-order valence-electron chi connectivity index (χ0n) is 12.2. The van der Waals surface area contributed by atoms with E-state index in [1.165, 1.54) is 0 Å². The summed E-state index contributed by atoms with van der Waals surface area (Å²) in [5.74, 6) is -4.00. The third kappa shape index (κ3) is 3.13. The lowest BCUT2D eigenvalue weighted by molar-refractivity contribution is -0.379. The van der Waals surface area contributed by atoms with Gasteiger partial charge in [-0.05, 0) is 0 Å². The number of carboxylic acids is 1. The standard InChI is InChI=1S/C12H20O12/c13-1-3-4(15)9(19)12(2-14,23-3)24-11-7(18)5(16)6(17)8(22-11)10(20)21/h3-9,11,13-19H,1-2H2,(H,20,21)/t3-,4-,5+,6-,7-,8+,9+,11-,12+/m1/s1. The number of ether oxygens (including phenoxy) is 3. The van der Waals surface area contributed by atoms with Gasteiger partial charge < -0.3 is 55.1 Å². The maximum atomic E-state index is 11.0. The second-order valence-electron chi connectivity index (χ2n) is 5.60. The molecular formula is C12H20O12. The van der Waals surface area contributed by atoms with Crippen LogP contribution < -0.4 is 0 Å². The van der Waals surface area contributed by atoms with Crippen molar-refractivity contribution in [3.63, 3.8) is 0 Å². The van der Waals surface area contributed by atoms with Gasteiger partial charge in [0.2, 0.25) is 5.79 Å². The van der Waals surface area contributed by atoms with E-state index in [0.717, 1.165) is 0 Å². The van der Waals surface area contributed by atoms with Crippen LogP contribution in [-0.2, 0) is 19.0 Å². The van der Waals surface area contributed by atoms with Crippen molar-refractivity contribution in [2.75, 3.05) is 13.2 Å². The topological polar surface area (TPSA) is 207 Å². The molecular weight excluding hydrogens is 336 g/mol. The number of aliphatic hydroxyl groups excluding tert-OH is 7. The van der Waals surface area contributed by atoms with Gasteiger partial charge in [-0.3, -0.25) is 0 Å². The van der Waals surface area contributed by atoms with E-state index < -0.39 is 74.0 Å². The van der Waals surface area contributed by atoms with Crippen LogP contribution in [0.25, 0.3) is 0 Å². The van der Waals surface area contributed by atoms with Gasteiger partial charge in [0.25, 0.3) is 0 Å². The molecule has 12 nitrogen and oxygen atoms in total. The molecule has 0 aromatic carbocycles. The van der Waals surface area contributed by atoms with Crippen LogP contribution >= 0.6 is 0 Å². The molecule has 0 radical (unpaired) electrons. The lowest BCUT2D eigenvalue weighted by Gasteiger charge is -2.42. The molecule has 140 valence electrons. The van der Waals surface area contributed by atoms with Gasteiger partial charge in [-0.15, -0.1) is 0 Å². The van der Waals surface area contributed by atoms with Crippen molar-refractivity contribution in [1.29, 1.82) is 0 Å². The molecule has 2 saturated heterocycles. The van der Waals surface area contributed by atoms with Crippen LogP contribution in [0.15, 0.2) is 0 Å². The van der Waals surface area contributed by atoms with Gasteiger partial charge in [-0.2, -0.15) is 0 Å². The van der Waals surface area contributed by atoms with Crippen LogP contribution in [0.1, 0.15) is 0 Å². The van der Waals surface area contributed by atoms with Crippen LogP contribution in [0, 0.1) is 0 Å². The van der Waals surface area contributed by atoms with Crippen molar-refractivity contribution >= 4 is 5.97 Å². The normalized spacial score (nSPS) is 49.3. The molecule has 2 rings (SSSR count). The number of aliphatic carboxylic acids is 1. The highest BCUT2D eigenvalue weighted by Crippen LogP contribution is 2.35. The van der Waals surface area contributed by atoms with Crippen LogP contribution in [0.3, 0.4) is 0 Å². The van der Waals surface area contributed by atoms with Crippen molar-refractivity contribution in [2.24, 2.45) is 0 Å². The number of hydrogen-bond acceptors (Lipinski definition) is 11. The molecule has 8 N–H and O–H groups in total. The lowest BCUT2D eigenvalue weighted by atomic mass is 9.98. The summed E-state index contributed by atoms with van der Waals surface area (Å²) >= 11 is 0. The van der Waals surface area contributed by atoms with Gasteiger partial charge >= 0.3 is 5.97 Å². The smallest absolute Gasteiger partial charge is 0.335 e. The summed E-state index contributed by atoms with van der Waals surface area (Å²) in [6.07, 6.45) is -14.6. The van der Waals surface area contributed by atoms with E-state index in [9.17, 15) is 35.4 Å². The fourth-order valence-corrected chi connectivity index (χ4v) is 2.62. The molecule has 0 bridgehead atoms. The largest absolute Gasteiger partial charge is 0.479 e. The Kier molecular flexibility index (Phi) is 5.76. The Morgan fingerprint density at radius 2 is 1.62 bits per heavy atom. The minimum absolute atomic E-state index is 0.726. The van der Waals surface area contributed by atoms with Gasteiger partial charge in [0.1, 0.15) is 43.2 Å². The van der Waals surface area contributed by atoms with E-state index >= 15 is 0 Å². The Morgan fingerprint density at radius 3 is 2.08 bits per heavy atom. The monoisotopic (exact) mass is 356 g/mol. The first-order chi connectivity index (χ1) is 11.2. The molecule has 0 aromatic rings. The van der Waals surface area contributed by atoms with Crippen LogP contribution in [0.5, 0.6) is 0 Å². The molecule has 0 aliphatic carbocycles. The molecule has 2 heterocycles. The summed E-state index contributed by atoms with van der Waals surface area (Å²) < 4.78 is 15.0. The number of carboxylic acid groups (broad SMARTS) is 1. The Labute approximate surface area is 135 Å². The third-order valence-corrected chi connectivity index (χ3v) is 4.03. The second-order valence-corrected chi connectivity index (χ2v) is 5.60. The fourth-order valence-electron chi connectivity index (χ4n) is 2.62. The average molecular weight is 356 g/mol. The van der Waals surface area contributed by atoms with Crippen LogP contribution in [-0.4, -0.2) is 115 Å². The molecule has 0 unspecified atom stereocenters. The number of hydrogen-bond donors (Lipinski definition) is 8. The quantitative estimate of drug-likeness (QED) is 0.232. The van der Waals surface area contributed by atoms with Gasteiger partial charge in [-0.25, -0.2) is 4.79 Å². The molecule has 0 spiro atoms. The van der Waals surface area contributed by atoms with Crippen molar-refractivity contribution in [3.8, 4) is 0 Å². The van der Waals surface area contributed by atoms with Crippen LogP contribution in [0.4, 0.5) is 0 Å². The Balaban J connectivity index is 2.22. The zero-order chi connectivity index (χ0) is 18.2. The molecule has 9 atom stereocenters. The maximum Gasteiger partial charge on any atom is 0.335 e. The SMILES string of the molecule is O=C(O)[C@H]1O[C@H](O[C@]2(CO)O[C@H](CO)[C@@H](O)[C@@H]2O)[C@H](O)[C@@H](O)[C@H]1O. The summed E-state index contributed by atoms with van der Waals surface area (Å²) in [7, 11) is 0. The summed E-state index contributed by atoms with van der Waals surface area (Å²) in [4.78, 5) is 11.0. The Hall–Kier alpha value is -0.930. The average Bonchev–Trinajstić information content (AvgIpc) is 2.80. The fraction of sp³-hybridized carbons (Fsp3) is 0.917. The number of aliphatic hydroxyl groups is 7. The van der Waals surface area contributed by atoms with Crippen molar-refractivity contribution in [3.05, 3.63) is 0 Å². The van der Waals surface area contributed by atoms with Crippen LogP contribution in [0.2, 0.25) is 0 Å². The highest BCUT2D eigenvalue weighted by atomic mass is 16.8. The lowest BCUT2D eigenvalue weighted by Crippen LogP contribution is -2.63. The number of carbonyl (C=O) groups is 1. The van der Waals surface area contributed by atoms with E-state index in [-0.39, 0.29) is 0 Å². The molecule has 2 fully saturated rings. The zero-order valence-corrected chi connectivity index (χ0v) is 12.2. The van der Waals surface area contributed by atoms with E-state index in [1.807, 2.05) is 0 Å². The Bertz CT molecular complexity index is 459. The third-order valence-electron chi connectivity index (χ3n) is 4.03. The molecule has 24 heavy (non-hydrogen) atoms. The molecule has 12 heteroatoms. The first-order valence-electron chi connectivity index (χ1n) is 7.04. The predicted octanol–water partition coefficient (Wildman–Crippen LogP) is -5.30. The van der Waals surface area contributed by atoms with E-state index in [1.54, 1.807) is 0 Å². The number of rotatable bonds is 5. The van der Waals surface area contributed by atoms with Gasteiger partial charge in [0.15, 0.2) is 12.4 Å². The van der Waals surface area contributed by atoms with Crippen molar-refractivity contribution in [2.45, 2.75) is 54.8 Å². The summed E-state index contributed by atoms with van der Waals surface area (Å²) in [5.41, 5.74) is 0. The van der Waals surface area contributed by atoms with Gasteiger partial charge in [0.05, 0.1) is 6.61 Å². The highest BCUT2D eigenvalue weighted by Gasteiger charge is 2.58. The molecule has 2 aliphatic heterocycles. The summed E-state index contributed by atoms with van der Waals surface area (Å²) in [6.45, 7) is -1.78. The molecule has 0 aromatic heterocycles. The predicted molar refractivity (Wildman–Crippen MR) is 69.2 cm³/mol. The van der Waals surface area contributed by atoms with E-state index in [4.69, 9.17) is 24.4 Å². The van der Waals surface area contributed by atoms with Crippen molar-refractivity contribution in [1.82, 2.24) is 0 Å². The molecule has 0 amide bonds. The maximum absolute atomic E-state index is 11.0. The Morgan fingerprint density at radius 1 is 1.00 bits per heavy atom. The van der Waals surface area contributed by atoms with Gasteiger partial charge in [-0.1, -0.05) is 0 Å². The summed E-state index contributed by atoms with van der Waals surface area (Å²) in [6, 6.07) is 0. The molecule has 0 saturated carbocycles. The van der Waals surface area contributed by atoms with Crippen molar-refractivity contribution < 1.29 is 59.9 Å².